The molecule has 1 aromatic heterocycles. The molecule has 0 bridgehead atoms. The van der Waals surface area contributed by atoms with Crippen molar-refractivity contribution in [1.82, 2.24) is 9.78 Å². The van der Waals surface area contributed by atoms with Crippen molar-refractivity contribution in [2.75, 3.05) is 0 Å². The fourth-order valence-corrected chi connectivity index (χ4v) is 2.01. The average molecular weight is 291 g/mol. The minimum absolute atomic E-state index is 0.236. The first-order valence-electron chi connectivity index (χ1n) is 5.37. The Kier molecular flexibility index (Phi) is 3.56. The van der Waals surface area contributed by atoms with Gasteiger partial charge in [-0.1, -0.05) is 23.7 Å². The number of aryl methyl sites for hydroxylation is 1. The van der Waals surface area contributed by atoms with Gasteiger partial charge in [-0.3, -0.25) is 0 Å². The van der Waals surface area contributed by atoms with Crippen LogP contribution in [0.5, 0.6) is 0 Å². The maximum absolute atomic E-state index is 12.8. The molecule has 0 saturated heterocycles. The third-order valence-electron chi connectivity index (χ3n) is 2.59. The van der Waals surface area contributed by atoms with Crippen molar-refractivity contribution in [2.24, 2.45) is 0 Å². The van der Waals surface area contributed by atoms with E-state index in [-0.39, 0.29) is 5.15 Å². The summed E-state index contributed by atoms with van der Waals surface area (Å²) in [6.45, 7) is 0.984. The number of alkyl halides is 3. The van der Waals surface area contributed by atoms with E-state index in [4.69, 9.17) is 16.7 Å². The summed E-state index contributed by atoms with van der Waals surface area (Å²) in [4.78, 5) is 0. The lowest BCUT2D eigenvalue weighted by molar-refractivity contribution is -0.142. The monoisotopic (exact) mass is 290 g/mol. The van der Waals surface area contributed by atoms with Crippen molar-refractivity contribution in [1.29, 1.82) is 0 Å². The van der Waals surface area contributed by atoms with Gasteiger partial charge in [0.1, 0.15) is 5.15 Å². The van der Waals surface area contributed by atoms with Gasteiger partial charge in [0.05, 0.1) is 12.3 Å². The van der Waals surface area contributed by atoms with E-state index in [2.05, 4.69) is 5.10 Å². The van der Waals surface area contributed by atoms with Crippen molar-refractivity contribution in [2.45, 2.75) is 19.7 Å². The van der Waals surface area contributed by atoms with Gasteiger partial charge in [-0.2, -0.15) is 18.3 Å². The van der Waals surface area contributed by atoms with Crippen LogP contribution in [-0.2, 0) is 12.8 Å². The van der Waals surface area contributed by atoms with Gasteiger partial charge in [-0.25, -0.2) is 4.68 Å². The first kappa shape index (κ1) is 13.9. The zero-order chi connectivity index (χ0) is 14.2. The molecule has 2 rings (SSSR count). The van der Waals surface area contributed by atoms with E-state index in [0.29, 0.717) is 5.69 Å². The third kappa shape index (κ3) is 2.59. The molecule has 0 radical (unpaired) electrons. The summed E-state index contributed by atoms with van der Waals surface area (Å²) in [6, 6.07) is 6.74. The molecule has 2 aromatic rings. The van der Waals surface area contributed by atoms with E-state index in [1.165, 1.54) is 0 Å². The number of benzene rings is 1. The Morgan fingerprint density at radius 3 is 2.53 bits per heavy atom. The first-order chi connectivity index (χ1) is 8.84. The van der Waals surface area contributed by atoms with Crippen LogP contribution in [0.3, 0.4) is 0 Å². The Bertz CT molecular complexity index is 608. The minimum atomic E-state index is -4.66. The van der Waals surface area contributed by atoms with Gasteiger partial charge in [-0.15, -0.1) is 0 Å². The fourth-order valence-electron chi connectivity index (χ4n) is 1.73. The van der Waals surface area contributed by atoms with Gasteiger partial charge in [0.25, 0.3) is 0 Å². The zero-order valence-electron chi connectivity index (χ0n) is 9.87. The van der Waals surface area contributed by atoms with Gasteiger partial charge in [0.15, 0.2) is 5.69 Å². The molecule has 0 aliphatic rings. The van der Waals surface area contributed by atoms with E-state index in [1.54, 1.807) is 31.2 Å². The van der Waals surface area contributed by atoms with Crippen LogP contribution in [0.25, 0.3) is 5.69 Å². The largest absolute Gasteiger partial charge is 0.435 e. The standard InChI is InChI=1S/C12H10ClF3N2O/c1-7-3-2-4-8(5-7)18-11(13)9(6-19)10(17-18)12(14,15)16/h2-5,19H,6H2,1H3. The Labute approximate surface area is 112 Å². The average Bonchev–Trinajstić information content (AvgIpc) is 2.66. The SMILES string of the molecule is Cc1cccc(-n2nc(C(F)(F)F)c(CO)c2Cl)c1. The summed E-state index contributed by atoms with van der Waals surface area (Å²) >= 11 is 5.86. The number of aliphatic hydroxyl groups is 1. The lowest BCUT2D eigenvalue weighted by Crippen LogP contribution is -2.09. The van der Waals surface area contributed by atoms with Crippen LogP contribution in [0.1, 0.15) is 16.8 Å². The van der Waals surface area contributed by atoms with Crippen molar-refractivity contribution >= 4 is 11.6 Å². The lowest BCUT2D eigenvalue weighted by Gasteiger charge is -2.04. The molecule has 1 aromatic carbocycles. The van der Waals surface area contributed by atoms with E-state index in [0.717, 1.165) is 10.2 Å². The van der Waals surface area contributed by atoms with Crippen molar-refractivity contribution in [3.63, 3.8) is 0 Å². The van der Waals surface area contributed by atoms with E-state index in [9.17, 15) is 13.2 Å². The Morgan fingerprint density at radius 1 is 1.37 bits per heavy atom. The molecule has 0 aliphatic heterocycles. The maximum atomic E-state index is 12.8. The van der Waals surface area contributed by atoms with Gasteiger partial charge < -0.3 is 5.11 Å². The molecular formula is C12H10ClF3N2O. The number of rotatable bonds is 2. The van der Waals surface area contributed by atoms with Crippen LogP contribution in [-0.4, -0.2) is 14.9 Å². The van der Waals surface area contributed by atoms with Crippen molar-refractivity contribution < 1.29 is 18.3 Å². The Morgan fingerprint density at radius 2 is 2.05 bits per heavy atom. The van der Waals surface area contributed by atoms with Gasteiger partial charge in [0, 0.05) is 5.56 Å². The van der Waals surface area contributed by atoms with Crippen molar-refractivity contribution in [3.05, 3.63) is 46.2 Å². The second-order valence-electron chi connectivity index (χ2n) is 4.02. The molecule has 19 heavy (non-hydrogen) atoms. The second kappa shape index (κ2) is 4.86. The molecule has 0 aliphatic carbocycles. The number of halogens is 4. The molecule has 0 fully saturated rings. The molecule has 0 spiro atoms. The predicted molar refractivity (Wildman–Crippen MR) is 64.2 cm³/mol. The number of nitrogens with zero attached hydrogens (tertiary/aromatic N) is 2. The summed E-state index contributed by atoms with van der Waals surface area (Å²) in [5.41, 5.74) is -0.310. The lowest BCUT2D eigenvalue weighted by atomic mass is 10.2. The Hall–Kier alpha value is -1.53. The van der Waals surface area contributed by atoms with Crippen LogP contribution >= 0.6 is 11.6 Å². The normalized spacial score (nSPS) is 11.9. The summed E-state index contributed by atoms with van der Waals surface area (Å²) in [7, 11) is 0. The van der Waals surface area contributed by atoms with E-state index < -0.39 is 24.0 Å². The summed E-state index contributed by atoms with van der Waals surface area (Å²) in [5, 5.41) is 12.3. The first-order valence-corrected chi connectivity index (χ1v) is 5.75. The number of hydrogen-bond donors (Lipinski definition) is 1. The van der Waals surface area contributed by atoms with Crippen LogP contribution in [0.15, 0.2) is 24.3 Å². The van der Waals surface area contributed by atoms with Crippen LogP contribution < -0.4 is 0 Å². The Balaban J connectivity index is 2.63. The molecule has 0 saturated carbocycles. The molecule has 0 amide bonds. The smallest absolute Gasteiger partial charge is 0.391 e. The molecule has 102 valence electrons. The highest BCUT2D eigenvalue weighted by molar-refractivity contribution is 6.30. The molecule has 0 atom stereocenters. The topological polar surface area (TPSA) is 38.0 Å². The third-order valence-corrected chi connectivity index (χ3v) is 2.98. The minimum Gasteiger partial charge on any atom is -0.391 e. The van der Waals surface area contributed by atoms with Gasteiger partial charge >= 0.3 is 6.18 Å². The summed E-state index contributed by atoms with van der Waals surface area (Å²) in [5.74, 6) is 0. The molecular weight excluding hydrogens is 281 g/mol. The fraction of sp³-hybridized carbons (Fsp3) is 0.250. The highest BCUT2D eigenvalue weighted by Gasteiger charge is 2.38. The molecule has 1 heterocycles. The number of aliphatic hydroxyl groups excluding tert-OH is 1. The van der Waals surface area contributed by atoms with Crippen LogP contribution in [0.2, 0.25) is 5.15 Å². The van der Waals surface area contributed by atoms with Crippen LogP contribution in [0.4, 0.5) is 13.2 Å². The van der Waals surface area contributed by atoms with Gasteiger partial charge in [0.2, 0.25) is 0 Å². The highest BCUT2D eigenvalue weighted by atomic mass is 35.5. The number of hydrogen-bond acceptors (Lipinski definition) is 2. The quantitative estimate of drug-likeness (QED) is 0.921. The molecule has 3 nitrogen and oxygen atoms in total. The van der Waals surface area contributed by atoms with Gasteiger partial charge in [-0.05, 0) is 24.6 Å². The van der Waals surface area contributed by atoms with E-state index in [1.807, 2.05) is 0 Å². The summed E-state index contributed by atoms with van der Waals surface area (Å²) < 4.78 is 39.3. The maximum Gasteiger partial charge on any atom is 0.435 e. The molecule has 1 N–H and O–H groups in total. The molecule has 0 unspecified atom stereocenters. The zero-order valence-corrected chi connectivity index (χ0v) is 10.6. The van der Waals surface area contributed by atoms with Crippen LogP contribution in [0, 0.1) is 6.92 Å². The highest BCUT2D eigenvalue weighted by Crippen LogP contribution is 2.35. The predicted octanol–water partition coefficient (Wildman–Crippen LogP) is 3.35. The number of aromatic nitrogens is 2. The molecule has 7 heteroatoms. The summed E-state index contributed by atoms with van der Waals surface area (Å²) in [6.07, 6.45) is -4.66. The second-order valence-corrected chi connectivity index (χ2v) is 4.38. The van der Waals surface area contributed by atoms with Crippen molar-refractivity contribution in [3.8, 4) is 5.69 Å². The van der Waals surface area contributed by atoms with E-state index >= 15 is 0 Å².